The Kier molecular flexibility index (Phi) is 4.62. The van der Waals surface area contributed by atoms with Gasteiger partial charge >= 0.3 is 0 Å². The molecule has 0 aliphatic carbocycles. The Morgan fingerprint density at radius 2 is 2.00 bits per heavy atom. The van der Waals surface area contributed by atoms with Gasteiger partial charge in [-0.1, -0.05) is 24.6 Å². The quantitative estimate of drug-likeness (QED) is 0.639. The van der Waals surface area contributed by atoms with Crippen LogP contribution in [0.2, 0.25) is 5.02 Å². The molecule has 6 heteroatoms. The third-order valence-corrected chi connectivity index (χ3v) is 4.27. The van der Waals surface area contributed by atoms with E-state index >= 15 is 0 Å². The molecular formula is C18H16ClF2N3. The summed E-state index contributed by atoms with van der Waals surface area (Å²) in [6.07, 6.45) is 3.94. The van der Waals surface area contributed by atoms with Gasteiger partial charge in [-0.15, -0.1) is 0 Å². The Hall–Kier alpha value is -2.27. The first-order valence-electron chi connectivity index (χ1n) is 7.67. The fraction of sp³-hybridized carbons (Fsp3) is 0.222. The smallest absolute Gasteiger partial charge is 0.223 e. The molecule has 2 aromatic heterocycles. The second-order valence-corrected chi connectivity index (χ2v) is 6.00. The monoisotopic (exact) mass is 347 g/mol. The number of aromatic nitrogens is 2. The van der Waals surface area contributed by atoms with E-state index in [0.717, 1.165) is 6.42 Å². The van der Waals surface area contributed by atoms with E-state index in [-0.39, 0.29) is 22.2 Å². The molecule has 3 nitrogen and oxygen atoms in total. The SMILES string of the molecule is CCC(C)Nc1c(-c2c(F)cccc2Cl)c(F)nc2ccncc12. The number of benzene rings is 1. The van der Waals surface area contributed by atoms with Crippen molar-refractivity contribution in [2.24, 2.45) is 0 Å². The van der Waals surface area contributed by atoms with Crippen LogP contribution in [0.1, 0.15) is 20.3 Å². The number of halogens is 3. The van der Waals surface area contributed by atoms with Crippen LogP contribution >= 0.6 is 11.6 Å². The summed E-state index contributed by atoms with van der Waals surface area (Å²) in [6, 6.07) is 5.93. The minimum Gasteiger partial charge on any atom is -0.381 e. The van der Waals surface area contributed by atoms with Crippen molar-refractivity contribution in [2.45, 2.75) is 26.3 Å². The summed E-state index contributed by atoms with van der Waals surface area (Å²) in [5, 5.41) is 4.00. The highest BCUT2D eigenvalue weighted by Crippen LogP contribution is 2.40. The van der Waals surface area contributed by atoms with Gasteiger partial charge in [0.1, 0.15) is 5.82 Å². The lowest BCUT2D eigenvalue weighted by atomic mass is 10.0. The summed E-state index contributed by atoms with van der Waals surface area (Å²) in [5.41, 5.74) is 0.927. The van der Waals surface area contributed by atoms with Crippen molar-refractivity contribution in [3.63, 3.8) is 0 Å². The molecule has 0 bridgehead atoms. The maximum absolute atomic E-state index is 14.8. The Labute approximate surface area is 143 Å². The van der Waals surface area contributed by atoms with Gasteiger partial charge in [0.15, 0.2) is 0 Å². The van der Waals surface area contributed by atoms with Crippen molar-refractivity contribution < 1.29 is 8.78 Å². The van der Waals surface area contributed by atoms with Gasteiger partial charge in [-0.05, 0) is 31.5 Å². The molecule has 0 aliphatic heterocycles. The molecular weight excluding hydrogens is 332 g/mol. The third kappa shape index (κ3) is 2.91. The summed E-state index contributed by atoms with van der Waals surface area (Å²) in [6.45, 7) is 3.97. The summed E-state index contributed by atoms with van der Waals surface area (Å²) in [5.74, 6) is -1.37. The zero-order valence-electron chi connectivity index (χ0n) is 13.3. The predicted octanol–water partition coefficient (Wildman–Crippen LogP) is 5.44. The van der Waals surface area contributed by atoms with Crippen molar-refractivity contribution >= 4 is 28.2 Å². The van der Waals surface area contributed by atoms with Gasteiger partial charge in [0, 0.05) is 29.4 Å². The largest absolute Gasteiger partial charge is 0.381 e. The molecule has 1 atom stereocenters. The standard InChI is InChI=1S/C18H16ClF2N3/c1-3-10(2)23-17-11-9-22-8-7-14(11)24-18(21)16(17)15-12(19)5-4-6-13(15)20/h4-10H,3H2,1-2H3,(H,23,24). The summed E-state index contributed by atoms with van der Waals surface area (Å²) < 4.78 is 29.2. The highest BCUT2D eigenvalue weighted by atomic mass is 35.5. The van der Waals surface area contributed by atoms with E-state index in [0.29, 0.717) is 16.6 Å². The van der Waals surface area contributed by atoms with Crippen LogP contribution in [0.15, 0.2) is 36.7 Å². The number of nitrogens with one attached hydrogen (secondary N) is 1. The van der Waals surface area contributed by atoms with Crippen LogP contribution in [0, 0.1) is 11.8 Å². The van der Waals surface area contributed by atoms with E-state index in [2.05, 4.69) is 15.3 Å². The fourth-order valence-electron chi connectivity index (χ4n) is 2.54. The van der Waals surface area contributed by atoms with Gasteiger partial charge in [-0.25, -0.2) is 9.37 Å². The van der Waals surface area contributed by atoms with Gasteiger partial charge in [-0.2, -0.15) is 4.39 Å². The lowest BCUT2D eigenvalue weighted by Crippen LogP contribution is -2.15. The molecule has 1 aromatic carbocycles. The van der Waals surface area contributed by atoms with E-state index in [1.165, 1.54) is 24.4 Å². The predicted molar refractivity (Wildman–Crippen MR) is 93.3 cm³/mol. The second-order valence-electron chi connectivity index (χ2n) is 5.60. The number of rotatable bonds is 4. The minimum atomic E-state index is -0.772. The van der Waals surface area contributed by atoms with Crippen molar-refractivity contribution in [3.05, 3.63) is 53.4 Å². The van der Waals surface area contributed by atoms with Gasteiger partial charge in [0.25, 0.3) is 0 Å². The molecule has 0 fully saturated rings. The number of hydrogen-bond acceptors (Lipinski definition) is 3. The Bertz CT molecular complexity index is 879. The van der Waals surface area contributed by atoms with Crippen molar-refractivity contribution in [3.8, 4) is 11.1 Å². The van der Waals surface area contributed by atoms with Gasteiger partial charge in [-0.3, -0.25) is 4.98 Å². The minimum absolute atomic E-state index is 0.000669. The fourth-order valence-corrected chi connectivity index (χ4v) is 2.80. The molecule has 0 amide bonds. The first-order chi connectivity index (χ1) is 11.5. The molecule has 24 heavy (non-hydrogen) atoms. The average Bonchev–Trinajstić information content (AvgIpc) is 2.56. The number of nitrogens with zero attached hydrogens (tertiary/aromatic N) is 2. The molecule has 0 radical (unpaired) electrons. The first-order valence-corrected chi connectivity index (χ1v) is 8.04. The van der Waals surface area contributed by atoms with Crippen LogP contribution in [0.4, 0.5) is 14.5 Å². The molecule has 0 saturated heterocycles. The maximum Gasteiger partial charge on any atom is 0.223 e. The summed E-state index contributed by atoms with van der Waals surface area (Å²) in [7, 11) is 0. The molecule has 3 aromatic rings. The van der Waals surface area contributed by atoms with Gasteiger partial charge in [0.05, 0.1) is 21.8 Å². The van der Waals surface area contributed by atoms with E-state index in [1.807, 2.05) is 13.8 Å². The van der Waals surface area contributed by atoms with Crippen LogP contribution in [-0.4, -0.2) is 16.0 Å². The molecule has 0 spiro atoms. The molecule has 1 N–H and O–H groups in total. The topological polar surface area (TPSA) is 37.8 Å². The zero-order valence-corrected chi connectivity index (χ0v) is 14.0. The van der Waals surface area contributed by atoms with Crippen LogP contribution in [0.25, 0.3) is 22.0 Å². The first kappa shape index (κ1) is 16.6. The second kappa shape index (κ2) is 6.69. The zero-order chi connectivity index (χ0) is 17.3. The highest BCUT2D eigenvalue weighted by Gasteiger charge is 2.22. The van der Waals surface area contributed by atoms with E-state index in [4.69, 9.17) is 11.6 Å². The number of anilines is 1. The van der Waals surface area contributed by atoms with Crippen molar-refractivity contribution in [2.75, 3.05) is 5.32 Å². The average molecular weight is 348 g/mol. The molecule has 0 aliphatic rings. The third-order valence-electron chi connectivity index (χ3n) is 3.96. The van der Waals surface area contributed by atoms with Crippen LogP contribution in [0.5, 0.6) is 0 Å². The highest BCUT2D eigenvalue weighted by molar-refractivity contribution is 6.33. The number of hydrogen-bond donors (Lipinski definition) is 1. The molecule has 0 saturated carbocycles. The lowest BCUT2D eigenvalue weighted by Gasteiger charge is -2.20. The molecule has 1 unspecified atom stereocenters. The van der Waals surface area contributed by atoms with Crippen molar-refractivity contribution in [1.82, 2.24) is 9.97 Å². The normalized spacial score (nSPS) is 12.4. The van der Waals surface area contributed by atoms with Crippen LogP contribution < -0.4 is 5.32 Å². The maximum atomic E-state index is 14.8. The van der Waals surface area contributed by atoms with Crippen LogP contribution in [0.3, 0.4) is 0 Å². The van der Waals surface area contributed by atoms with Gasteiger partial charge < -0.3 is 5.32 Å². The molecule has 2 heterocycles. The molecule has 3 rings (SSSR count). The Morgan fingerprint density at radius 1 is 1.21 bits per heavy atom. The summed E-state index contributed by atoms with van der Waals surface area (Å²) >= 11 is 6.15. The van der Waals surface area contributed by atoms with Crippen LogP contribution in [-0.2, 0) is 0 Å². The van der Waals surface area contributed by atoms with E-state index < -0.39 is 11.8 Å². The molecule has 124 valence electrons. The summed E-state index contributed by atoms with van der Waals surface area (Å²) in [4.78, 5) is 8.04. The Balaban J connectivity index is 2.38. The number of pyridine rings is 2. The van der Waals surface area contributed by atoms with E-state index in [1.54, 1.807) is 12.3 Å². The number of fused-ring (bicyclic) bond motifs is 1. The Morgan fingerprint density at radius 3 is 2.71 bits per heavy atom. The lowest BCUT2D eigenvalue weighted by molar-refractivity contribution is 0.587. The van der Waals surface area contributed by atoms with E-state index in [9.17, 15) is 8.78 Å². The van der Waals surface area contributed by atoms with Crippen molar-refractivity contribution in [1.29, 1.82) is 0 Å². The van der Waals surface area contributed by atoms with Gasteiger partial charge in [0.2, 0.25) is 5.95 Å².